The molecule has 0 saturated carbocycles. The minimum Gasteiger partial charge on any atom is -0.493 e. The van der Waals surface area contributed by atoms with Gasteiger partial charge in [0.1, 0.15) is 11.4 Å². The Bertz CT molecular complexity index is 892. The van der Waals surface area contributed by atoms with Crippen molar-refractivity contribution >= 4 is 46.2 Å². The summed E-state index contributed by atoms with van der Waals surface area (Å²) in [5.74, 6) is -0.00922. The van der Waals surface area contributed by atoms with Crippen LogP contribution in [-0.2, 0) is 0 Å². The summed E-state index contributed by atoms with van der Waals surface area (Å²) in [6, 6.07) is 11.0. The largest absolute Gasteiger partial charge is 0.493 e. The number of amides is 1. The lowest BCUT2D eigenvalue weighted by molar-refractivity contribution is -0.383. The lowest BCUT2D eigenvalue weighted by Gasteiger charge is -2.13. The van der Waals surface area contributed by atoms with E-state index in [-0.39, 0.29) is 21.5 Å². The number of nitrogens with zero attached hydrogens (tertiary/aromatic N) is 1. The molecule has 0 heterocycles. The number of ether oxygens (including phenoxy) is 1. The quantitative estimate of drug-likeness (QED) is 0.239. The minimum atomic E-state index is -0.583. The Morgan fingerprint density at radius 1 is 1.21 bits per heavy atom. The van der Waals surface area contributed by atoms with E-state index in [0.717, 1.165) is 25.7 Å². The fraction of sp³-hybridized carbons (Fsp3) is 0.300. The highest BCUT2D eigenvalue weighted by Gasteiger charge is 2.18. The molecule has 7 nitrogen and oxygen atoms in total. The summed E-state index contributed by atoms with van der Waals surface area (Å²) >= 11 is 10.9. The van der Waals surface area contributed by atoms with Crippen molar-refractivity contribution < 1.29 is 14.5 Å². The monoisotopic (exact) mass is 435 g/mol. The summed E-state index contributed by atoms with van der Waals surface area (Å²) < 4.78 is 5.74. The molecule has 0 bridgehead atoms. The fourth-order valence-corrected chi connectivity index (χ4v) is 2.95. The third-order valence-corrected chi connectivity index (χ3v) is 4.46. The molecular formula is C20H22ClN3O4S. The van der Waals surface area contributed by atoms with Crippen molar-refractivity contribution in [3.05, 3.63) is 63.2 Å². The van der Waals surface area contributed by atoms with E-state index in [1.165, 1.54) is 18.2 Å². The van der Waals surface area contributed by atoms with Gasteiger partial charge in [0.05, 0.1) is 17.1 Å². The molecule has 0 fully saturated rings. The van der Waals surface area contributed by atoms with Gasteiger partial charge in [-0.2, -0.15) is 0 Å². The van der Waals surface area contributed by atoms with E-state index >= 15 is 0 Å². The molecule has 154 valence electrons. The number of halogens is 1. The van der Waals surface area contributed by atoms with E-state index in [1.807, 2.05) is 0 Å². The standard InChI is InChI=1S/C20H22ClN3O4S/c1-2-3-4-7-12-28-18-9-6-5-8-15(18)19(25)23-20(29)22-16-11-10-14(21)13-17(16)24(26)27/h5-6,8-11,13H,2-4,7,12H2,1H3,(H2,22,23,25,29). The van der Waals surface area contributed by atoms with Gasteiger partial charge in [0.15, 0.2) is 5.11 Å². The number of hydrogen-bond acceptors (Lipinski definition) is 5. The first-order valence-corrected chi connectivity index (χ1v) is 9.99. The van der Waals surface area contributed by atoms with Gasteiger partial charge in [-0.15, -0.1) is 0 Å². The molecule has 0 aliphatic heterocycles. The van der Waals surface area contributed by atoms with Gasteiger partial charge in [-0.05, 0) is 42.9 Å². The van der Waals surface area contributed by atoms with Gasteiger partial charge in [-0.25, -0.2) is 0 Å². The Labute approximate surface area is 179 Å². The molecule has 0 aliphatic carbocycles. The van der Waals surface area contributed by atoms with Crippen LogP contribution in [0.1, 0.15) is 43.0 Å². The van der Waals surface area contributed by atoms with Crippen LogP contribution >= 0.6 is 23.8 Å². The van der Waals surface area contributed by atoms with Crippen molar-refractivity contribution in [2.24, 2.45) is 0 Å². The molecule has 2 aromatic rings. The second kappa shape index (κ2) is 11.3. The van der Waals surface area contributed by atoms with Crippen LogP contribution in [0.2, 0.25) is 5.02 Å². The third kappa shape index (κ3) is 6.99. The molecule has 0 radical (unpaired) electrons. The first-order chi connectivity index (χ1) is 13.9. The predicted molar refractivity (Wildman–Crippen MR) is 118 cm³/mol. The Balaban J connectivity index is 2.02. The maximum Gasteiger partial charge on any atom is 0.294 e. The number of para-hydroxylation sites is 1. The van der Waals surface area contributed by atoms with Gasteiger partial charge < -0.3 is 10.1 Å². The zero-order valence-electron chi connectivity index (χ0n) is 15.9. The summed E-state index contributed by atoms with van der Waals surface area (Å²) in [6.07, 6.45) is 4.25. The Hall–Kier alpha value is -2.71. The molecular weight excluding hydrogens is 414 g/mol. The fourth-order valence-electron chi connectivity index (χ4n) is 2.58. The summed E-state index contributed by atoms with van der Waals surface area (Å²) in [5.41, 5.74) is 0.216. The number of anilines is 1. The Morgan fingerprint density at radius 3 is 2.69 bits per heavy atom. The van der Waals surface area contributed by atoms with Gasteiger partial charge >= 0.3 is 0 Å². The van der Waals surface area contributed by atoms with Crippen molar-refractivity contribution in [3.8, 4) is 5.75 Å². The highest BCUT2D eigenvalue weighted by molar-refractivity contribution is 7.80. The Morgan fingerprint density at radius 2 is 1.97 bits per heavy atom. The number of hydrogen-bond donors (Lipinski definition) is 2. The number of carbonyl (C=O) groups excluding carboxylic acids is 1. The number of thiocarbonyl (C=S) groups is 1. The molecule has 2 rings (SSSR count). The van der Waals surface area contributed by atoms with Crippen LogP contribution in [0.25, 0.3) is 0 Å². The summed E-state index contributed by atoms with van der Waals surface area (Å²) in [4.78, 5) is 23.2. The average Bonchev–Trinajstić information content (AvgIpc) is 2.69. The van der Waals surface area contributed by atoms with E-state index < -0.39 is 10.8 Å². The van der Waals surface area contributed by atoms with Crippen LogP contribution < -0.4 is 15.4 Å². The van der Waals surface area contributed by atoms with Crippen molar-refractivity contribution in [2.75, 3.05) is 11.9 Å². The van der Waals surface area contributed by atoms with E-state index in [4.69, 9.17) is 28.6 Å². The molecule has 0 spiro atoms. The number of nitro groups is 1. The van der Waals surface area contributed by atoms with Gasteiger partial charge in [-0.1, -0.05) is 49.9 Å². The average molecular weight is 436 g/mol. The number of rotatable bonds is 9. The molecule has 9 heteroatoms. The van der Waals surface area contributed by atoms with E-state index in [1.54, 1.807) is 24.3 Å². The van der Waals surface area contributed by atoms with Crippen LogP contribution in [0.3, 0.4) is 0 Å². The second-order valence-electron chi connectivity index (χ2n) is 6.23. The van der Waals surface area contributed by atoms with Gasteiger partial charge in [0.2, 0.25) is 0 Å². The molecule has 0 atom stereocenters. The molecule has 0 aliphatic rings. The normalized spacial score (nSPS) is 10.3. The third-order valence-electron chi connectivity index (χ3n) is 4.02. The highest BCUT2D eigenvalue weighted by atomic mass is 35.5. The number of nitro benzene ring substituents is 1. The van der Waals surface area contributed by atoms with Crippen molar-refractivity contribution in [2.45, 2.75) is 32.6 Å². The molecule has 0 aromatic heterocycles. The van der Waals surface area contributed by atoms with Crippen LogP contribution in [0.15, 0.2) is 42.5 Å². The summed E-state index contributed by atoms with van der Waals surface area (Å²) in [7, 11) is 0. The molecule has 29 heavy (non-hydrogen) atoms. The van der Waals surface area contributed by atoms with Crippen molar-refractivity contribution in [1.82, 2.24) is 5.32 Å². The minimum absolute atomic E-state index is 0.0711. The molecule has 2 aromatic carbocycles. The smallest absolute Gasteiger partial charge is 0.294 e. The number of carbonyl (C=O) groups is 1. The second-order valence-corrected chi connectivity index (χ2v) is 7.08. The van der Waals surface area contributed by atoms with Crippen LogP contribution in [-0.4, -0.2) is 22.5 Å². The molecule has 2 N–H and O–H groups in total. The Kier molecular flexibility index (Phi) is 8.82. The van der Waals surface area contributed by atoms with E-state index in [9.17, 15) is 14.9 Å². The topological polar surface area (TPSA) is 93.5 Å². The molecule has 1 amide bonds. The van der Waals surface area contributed by atoms with Crippen LogP contribution in [0.5, 0.6) is 5.75 Å². The lowest BCUT2D eigenvalue weighted by Crippen LogP contribution is -2.34. The molecule has 0 unspecified atom stereocenters. The first kappa shape index (κ1) is 22.6. The number of benzene rings is 2. The molecule has 0 saturated heterocycles. The predicted octanol–water partition coefficient (Wildman–Crippen LogP) is 5.33. The zero-order valence-corrected chi connectivity index (χ0v) is 17.5. The number of unbranched alkanes of at least 4 members (excludes halogenated alkanes) is 3. The van der Waals surface area contributed by atoms with Gasteiger partial charge in [0.25, 0.3) is 11.6 Å². The maximum absolute atomic E-state index is 12.6. The van der Waals surface area contributed by atoms with Crippen LogP contribution in [0.4, 0.5) is 11.4 Å². The summed E-state index contributed by atoms with van der Waals surface area (Å²) in [6.45, 7) is 2.65. The maximum atomic E-state index is 12.6. The first-order valence-electron chi connectivity index (χ1n) is 9.20. The zero-order chi connectivity index (χ0) is 21.2. The SMILES string of the molecule is CCCCCCOc1ccccc1C(=O)NC(=S)Nc1ccc(Cl)cc1[N+](=O)[O-]. The van der Waals surface area contributed by atoms with E-state index in [2.05, 4.69) is 17.6 Å². The van der Waals surface area contributed by atoms with E-state index in [0.29, 0.717) is 17.9 Å². The number of nitrogens with one attached hydrogen (secondary N) is 2. The highest BCUT2D eigenvalue weighted by Crippen LogP contribution is 2.27. The summed E-state index contributed by atoms with van der Waals surface area (Å²) in [5, 5.41) is 16.5. The lowest BCUT2D eigenvalue weighted by atomic mass is 10.2. The van der Waals surface area contributed by atoms with Crippen LogP contribution in [0, 0.1) is 10.1 Å². The van der Waals surface area contributed by atoms with Gasteiger partial charge in [0, 0.05) is 11.1 Å². The van der Waals surface area contributed by atoms with Crippen molar-refractivity contribution in [1.29, 1.82) is 0 Å². The van der Waals surface area contributed by atoms with Crippen molar-refractivity contribution in [3.63, 3.8) is 0 Å². The van der Waals surface area contributed by atoms with Gasteiger partial charge in [-0.3, -0.25) is 20.2 Å².